The van der Waals surface area contributed by atoms with E-state index in [2.05, 4.69) is 38.5 Å². The lowest BCUT2D eigenvalue weighted by molar-refractivity contribution is 0.0561. The number of fused-ring (bicyclic) bond motifs is 2. The smallest absolute Gasteiger partial charge is 0.374 e. The SMILES string of the molecule is CCCSSC12CCC(CC1[Si](OCC)(OCC)OCC)C2. The van der Waals surface area contributed by atoms with Gasteiger partial charge in [-0.15, -0.1) is 0 Å². The largest absolute Gasteiger partial charge is 0.505 e. The fourth-order valence-corrected chi connectivity index (χ4v) is 12.0. The summed E-state index contributed by atoms with van der Waals surface area (Å²) < 4.78 is 19.1. The van der Waals surface area contributed by atoms with Gasteiger partial charge in [0.2, 0.25) is 0 Å². The third-order valence-corrected chi connectivity index (χ3v) is 12.2. The Morgan fingerprint density at radius 1 is 1.05 bits per heavy atom. The molecule has 0 spiro atoms. The molecule has 0 aromatic rings. The molecular formula is C16H32O3S2Si. The second-order valence-electron chi connectivity index (χ2n) is 6.27. The van der Waals surface area contributed by atoms with E-state index in [4.69, 9.17) is 13.3 Å². The topological polar surface area (TPSA) is 27.7 Å². The van der Waals surface area contributed by atoms with Gasteiger partial charge in [-0.25, -0.2) is 0 Å². The lowest BCUT2D eigenvalue weighted by atomic mass is 9.99. The summed E-state index contributed by atoms with van der Waals surface area (Å²) in [7, 11) is 1.59. The number of rotatable bonds is 11. The molecule has 0 aliphatic heterocycles. The summed E-state index contributed by atoms with van der Waals surface area (Å²) in [6.45, 7) is 10.5. The molecule has 3 nitrogen and oxygen atoms in total. The Labute approximate surface area is 145 Å². The van der Waals surface area contributed by atoms with Gasteiger partial charge < -0.3 is 13.3 Å². The maximum Gasteiger partial charge on any atom is 0.505 e. The van der Waals surface area contributed by atoms with E-state index in [1.807, 2.05) is 10.8 Å². The molecule has 130 valence electrons. The molecule has 2 aliphatic rings. The van der Waals surface area contributed by atoms with Gasteiger partial charge in [0.1, 0.15) is 0 Å². The molecule has 2 bridgehead atoms. The summed E-state index contributed by atoms with van der Waals surface area (Å²) >= 11 is 0. The molecule has 0 amide bonds. The minimum atomic E-state index is -2.58. The molecule has 2 fully saturated rings. The van der Waals surface area contributed by atoms with Crippen LogP contribution in [0.4, 0.5) is 0 Å². The second kappa shape index (κ2) is 8.76. The molecular weight excluding hydrogens is 332 g/mol. The highest BCUT2D eigenvalue weighted by molar-refractivity contribution is 8.77. The monoisotopic (exact) mass is 364 g/mol. The fourth-order valence-electron chi connectivity index (χ4n) is 4.08. The van der Waals surface area contributed by atoms with Gasteiger partial charge >= 0.3 is 8.80 Å². The molecule has 0 radical (unpaired) electrons. The van der Waals surface area contributed by atoms with Gasteiger partial charge in [0.25, 0.3) is 0 Å². The van der Waals surface area contributed by atoms with Gasteiger partial charge in [-0.1, -0.05) is 28.5 Å². The zero-order chi connectivity index (χ0) is 16.1. The van der Waals surface area contributed by atoms with Crippen LogP contribution < -0.4 is 0 Å². The normalized spacial score (nSPS) is 31.1. The van der Waals surface area contributed by atoms with Crippen molar-refractivity contribution in [3.05, 3.63) is 0 Å². The molecule has 0 heterocycles. The minimum Gasteiger partial charge on any atom is -0.374 e. The second-order valence-corrected chi connectivity index (χ2v) is 11.9. The van der Waals surface area contributed by atoms with E-state index >= 15 is 0 Å². The first-order valence-electron chi connectivity index (χ1n) is 8.88. The number of hydrogen-bond acceptors (Lipinski definition) is 5. The van der Waals surface area contributed by atoms with Crippen LogP contribution in [0.3, 0.4) is 0 Å². The Hall–Kier alpha value is 0.797. The van der Waals surface area contributed by atoms with Crippen molar-refractivity contribution in [2.24, 2.45) is 5.92 Å². The van der Waals surface area contributed by atoms with Crippen LogP contribution in [0.2, 0.25) is 5.54 Å². The molecule has 0 saturated heterocycles. The number of hydrogen-bond donors (Lipinski definition) is 0. The predicted octanol–water partition coefficient (Wildman–Crippen LogP) is 5.14. The van der Waals surface area contributed by atoms with E-state index in [1.165, 1.54) is 37.9 Å². The summed E-state index contributed by atoms with van der Waals surface area (Å²) in [5, 5.41) is 0. The van der Waals surface area contributed by atoms with Crippen LogP contribution in [0, 0.1) is 5.92 Å². The highest BCUT2D eigenvalue weighted by Gasteiger charge is 2.65. The third kappa shape index (κ3) is 3.89. The highest BCUT2D eigenvalue weighted by atomic mass is 33.1. The zero-order valence-electron chi connectivity index (χ0n) is 14.6. The van der Waals surface area contributed by atoms with Gasteiger partial charge in [-0.05, 0) is 58.8 Å². The van der Waals surface area contributed by atoms with Crippen molar-refractivity contribution >= 4 is 30.4 Å². The molecule has 3 atom stereocenters. The van der Waals surface area contributed by atoms with Crippen molar-refractivity contribution in [2.45, 2.75) is 70.1 Å². The Kier molecular flexibility index (Phi) is 7.62. The average Bonchev–Trinajstić information content (AvgIpc) is 3.06. The Bertz CT molecular complexity index is 328. The molecule has 6 heteroatoms. The molecule has 2 saturated carbocycles. The summed E-state index contributed by atoms with van der Waals surface area (Å²) in [4.78, 5) is 0. The first-order chi connectivity index (χ1) is 10.7. The van der Waals surface area contributed by atoms with E-state index in [0.29, 0.717) is 30.1 Å². The zero-order valence-corrected chi connectivity index (χ0v) is 17.2. The lowest BCUT2D eigenvalue weighted by Crippen LogP contribution is -2.55. The molecule has 3 unspecified atom stereocenters. The average molecular weight is 365 g/mol. The molecule has 0 N–H and O–H groups in total. The first kappa shape index (κ1) is 19.1. The van der Waals surface area contributed by atoms with Crippen LogP contribution in [0.1, 0.15) is 59.8 Å². The Balaban J connectivity index is 2.20. The highest BCUT2D eigenvalue weighted by Crippen LogP contribution is 2.66. The Morgan fingerprint density at radius 3 is 2.18 bits per heavy atom. The quantitative estimate of drug-likeness (QED) is 0.287. The maximum atomic E-state index is 6.25. The molecule has 22 heavy (non-hydrogen) atoms. The van der Waals surface area contributed by atoms with E-state index in [-0.39, 0.29) is 0 Å². The van der Waals surface area contributed by atoms with Crippen molar-refractivity contribution in [3.63, 3.8) is 0 Å². The molecule has 0 aromatic heterocycles. The third-order valence-electron chi connectivity index (χ3n) is 4.79. The van der Waals surface area contributed by atoms with Crippen LogP contribution in [0.15, 0.2) is 0 Å². The van der Waals surface area contributed by atoms with Crippen molar-refractivity contribution in [1.82, 2.24) is 0 Å². The van der Waals surface area contributed by atoms with E-state index < -0.39 is 8.80 Å². The standard InChI is InChI=1S/C16H32O3S2Si/c1-5-11-20-21-16-10-9-14(13-16)12-15(16)22(17-6-2,18-7-3)19-8-4/h14-15H,5-13H2,1-4H3. The van der Waals surface area contributed by atoms with Crippen molar-refractivity contribution in [1.29, 1.82) is 0 Å². The summed E-state index contributed by atoms with van der Waals surface area (Å²) in [5.74, 6) is 2.09. The van der Waals surface area contributed by atoms with Crippen molar-refractivity contribution < 1.29 is 13.3 Å². The van der Waals surface area contributed by atoms with Crippen molar-refractivity contribution in [2.75, 3.05) is 25.6 Å². The van der Waals surface area contributed by atoms with Gasteiger partial charge in [0.05, 0.1) is 0 Å². The van der Waals surface area contributed by atoms with Crippen LogP contribution in [0.25, 0.3) is 0 Å². The van der Waals surface area contributed by atoms with E-state index in [9.17, 15) is 0 Å². The fraction of sp³-hybridized carbons (Fsp3) is 1.00. The van der Waals surface area contributed by atoms with Gasteiger partial charge in [0.15, 0.2) is 0 Å². The Morgan fingerprint density at radius 2 is 1.68 bits per heavy atom. The summed E-state index contributed by atoms with van der Waals surface area (Å²) in [6, 6.07) is 0. The van der Waals surface area contributed by atoms with Crippen LogP contribution >= 0.6 is 21.6 Å². The maximum absolute atomic E-state index is 6.25. The summed E-state index contributed by atoms with van der Waals surface area (Å²) in [5.41, 5.74) is 0.480. The molecule has 2 rings (SSSR count). The molecule has 0 aromatic carbocycles. The first-order valence-corrected chi connectivity index (χ1v) is 13.0. The van der Waals surface area contributed by atoms with E-state index in [0.717, 1.165) is 5.92 Å². The van der Waals surface area contributed by atoms with Crippen LogP contribution in [-0.4, -0.2) is 39.1 Å². The minimum absolute atomic E-state index is 0.330. The van der Waals surface area contributed by atoms with Crippen molar-refractivity contribution in [3.8, 4) is 0 Å². The summed E-state index contributed by atoms with van der Waals surface area (Å²) in [6.07, 6.45) is 6.51. The van der Waals surface area contributed by atoms with Gasteiger partial charge in [-0.3, -0.25) is 0 Å². The predicted molar refractivity (Wildman–Crippen MR) is 99.4 cm³/mol. The lowest BCUT2D eigenvalue weighted by Gasteiger charge is -2.43. The molecule has 2 aliphatic carbocycles. The van der Waals surface area contributed by atoms with E-state index in [1.54, 1.807) is 0 Å². The van der Waals surface area contributed by atoms with Crippen LogP contribution in [0.5, 0.6) is 0 Å². The van der Waals surface area contributed by atoms with Gasteiger partial charge in [-0.2, -0.15) is 0 Å². The van der Waals surface area contributed by atoms with Gasteiger partial charge in [0, 0.05) is 35.9 Å². The van der Waals surface area contributed by atoms with Crippen LogP contribution in [-0.2, 0) is 13.3 Å².